The fourth-order valence-electron chi connectivity index (χ4n) is 2.92. The molecule has 1 amide bonds. The summed E-state index contributed by atoms with van der Waals surface area (Å²) in [6.45, 7) is 4.58. The molecule has 1 N–H and O–H groups in total. The van der Waals surface area contributed by atoms with E-state index in [4.69, 9.17) is 0 Å². The van der Waals surface area contributed by atoms with Crippen molar-refractivity contribution in [1.29, 1.82) is 0 Å². The molecule has 1 aromatic rings. The largest absolute Gasteiger partial charge is 0.481 e. The van der Waals surface area contributed by atoms with Gasteiger partial charge in [0.05, 0.1) is 12.0 Å². The number of carboxylic acids is 1. The topological polar surface area (TPSA) is 57.6 Å². The van der Waals surface area contributed by atoms with E-state index in [-0.39, 0.29) is 11.9 Å². The summed E-state index contributed by atoms with van der Waals surface area (Å²) in [5.41, 5.74) is 1.98. The zero-order valence-electron chi connectivity index (χ0n) is 12.3. The van der Waals surface area contributed by atoms with Crippen molar-refractivity contribution >= 4 is 27.8 Å². The minimum Gasteiger partial charge on any atom is -0.481 e. The maximum atomic E-state index is 12.2. The van der Waals surface area contributed by atoms with E-state index in [0.717, 1.165) is 22.0 Å². The van der Waals surface area contributed by atoms with Gasteiger partial charge < -0.3 is 10.0 Å². The van der Waals surface area contributed by atoms with Crippen LogP contribution in [0.1, 0.15) is 43.4 Å². The molecule has 2 unspecified atom stereocenters. The van der Waals surface area contributed by atoms with Gasteiger partial charge in [-0.2, -0.15) is 0 Å². The van der Waals surface area contributed by atoms with Crippen LogP contribution in [-0.2, 0) is 9.59 Å². The van der Waals surface area contributed by atoms with Gasteiger partial charge >= 0.3 is 5.97 Å². The van der Waals surface area contributed by atoms with Crippen LogP contribution >= 0.6 is 15.9 Å². The number of aryl methyl sites for hydroxylation is 1. The van der Waals surface area contributed by atoms with Crippen molar-refractivity contribution in [3.8, 4) is 0 Å². The first-order chi connectivity index (χ1) is 9.95. The van der Waals surface area contributed by atoms with E-state index in [1.807, 2.05) is 32.0 Å². The fourth-order valence-corrected chi connectivity index (χ4v) is 3.32. The second-order valence-corrected chi connectivity index (χ2v) is 6.38. The van der Waals surface area contributed by atoms with Gasteiger partial charge in [-0.15, -0.1) is 0 Å². The first-order valence-electron chi connectivity index (χ1n) is 7.24. The van der Waals surface area contributed by atoms with E-state index in [2.05, 4.69) is 15.9 Å². The van der Waals surface area contributed by atoms with Crippen LogP contribution < -0.4 is 0 Å². The number of carboxylic acid groups (broad SMARTS) is 1. The Morgan fingerprint density at radius 1 is 1.48 bits per heavy atom. The molecule has 1 aliphatic heterocycles. The summed E-state index contributed by atoms with van der Waals surface area (Å²) in [5.74, 6) is -1.31. The van der Waals surface area contributed by atoms with Crippen LogP contribution in [0.4, 0.5) is 0 Å². The number of benzene rings is 1. The SMILES string of the molecule is CCCN1C(=O)CCC(C(=O)O)C1c1ccc(C)c(Br)c1. The molecule has 4 nitrogen and oxygen atoms in total. The molecule has 1 fully saturated rings. The van der Waals surface area contributed by atoms with Crippen molar-refractivity contribution in [2.45, 2.75) is 39.2 Å². The molecular formula is C16H20BrNO3. The number of piperidine rings is 1. The van der Waals surface area contributed by atoms with Crippen LogP contribution in [0.5, 0.6) is 0 Å². The maximum Gasteiger partial charge on any atom is 0.308 e. The molecule has 1 aliphatic rings. The first-order valence-corrected chi connectivity index (χ1v) is 8.03. The van der Waals surface area contributed by atoms with Crippen LogP contribution in [0, 0.1) is 12.8 Å². The van der Waals surface area contributed by atoms with Crippen molar-refractivity contribution in [3.63, 3.8) is 0 Å². The molecule has 0 saturated carbocycles. The van der Waals surface area contributed by atoms with E-state index in [1.165, 1.54) is 0 Å². The molecule has 2 rings (SSSR count). The summed E-state index contributed by atoms with van der Waals surface area (Å²) in [7, 11) is 0. The minimum atomic E-state index is -0.828. The lowest BCUT2D eigenvalue weighted by molar-refractivity contribution is -0.152. The summed E-state index contributed by atoms with van der Waals surface area (Å²) in [5, 5.41) is 9.52. The Bertz CT molecular complexity index is 558. The number of hydrogen-bond acceptors (Lipinski definition) is 2. The van der Waals surface area contributed by atoms with E-state index in [0.29, 0.717) is 19.4 Å². The Hall–Kier alpha value is -1.36. The third-order valence-corrected chi connectivity index (χ3v) is 4.88. The van der Waals surface area contributed by atoms with Crippen LogP contribution in [0.15, 0.2) is 22.7 Å². The minimum absolute atomic E-state index is 0.0519. The lowest BCUT2D eigenvalue weighted by Crippen LogP contribution is -2.45. The second-order valence-electron chi connectivity index (χ2n) is 5.52. The standard InChI is InChI=1S/C16H20BrNO3/c1-3-8-18-14(19)7-6-12(16(20)21)15(18)11-5-4-10(2)13(17)9-11/h4-5,9,12,15H,3,6-8H2,1-2H3,(H,20,21). The third kappa shape index (κ3) is 3.28. The molecule has 0 radical (unpaired) electrons. The summed E-state index contributed by atoms with van der Waals surface area (Å²) >= 11 is 3.49. The van der Waals surface area contributed by atoms with Crippen LogP contribution in [-0.4, -0.2) is 28.4 Å². The number of halogens is 1. The number of amides is 1. The monoisotopic (exact) mass is 353 g/mol. The third-order valence-electron chi connectivity index (χ3n) is 4.03. The van der Waals surface area contributed by atoms with Crippen molar-refractivity contribution in [2.24, 2.45) is 5.92 Å². The normalized spacial score (nSPS) is 22.4. The smallest absolute Gasteiger partial charge is 0.308 e. The number of rotatable bonds is 4. The predicted octanol–water partition coefficient (Wildman–Crippen LogP) is 3.53. The summed E-state index contributed by atoms with van der Waals surface area (Å²) in [4.78, 5) is 25.5. The van der Waals surface area contributed by atoms with Crippen LogP contribution in [0.25, 0.3) is 0 Å². The number of carbonyl (C=O) groups is 2. The van der Waals surface area contributed by atoms with Gasteiger partial charge in [0.25, 0.3) is 0 Å². The fraction of sp³-hybridized carbons (Fsp3) is 0.500. The Morgan fingerprint density at radius 3 is 2.76 bits per heavy atom. The van der Waals surface area contributed by atoms with Crippen LogP contribution in [0.2, 0.25) is 0 Å². The molecule has 1 heterocycles. The van der Waals surface area contributed by atoms with E-state index < -0.39 is 11.9 Å². The van der Waals surface area contributed by atoms with Gasteiger partial charge in [-0.3, -0.25) is 9.59 Å². The number of nitrogens with zero attached hydrogens (tertiary/aromatic N) is 1. The number of hydrogen-bond donors (Lipinski definition) is 1. The highest BCUT2D eigenvalue weighted by molar-refractivity contribution is 9.10. The molecule has 114 valence electrons. The molecule has 0 spiro atoms. The maximum absolute atomic E-state index is 12.2. The zero-order valence-corrected chi connectivity index (χ0v) is 13.9. The van der Waals surface area contributed by atoms with Gasteiger partial charge in [-0.05, 0) is 37.0 Å². The van der Waals surface area contributed by atoms with Gasteiger partial charge in [-0.1, -0.05) is 35.0 Å². The molecule has 1 aromatic carbocycles. The molecule has 2 atom stereocenters. The molecule has 1 saturated heterocycles. The van der Waals surface area contributed by atoms with Gasteiger partial charge in [0.1, 0.15) is 0 Å². The van der Waals surface area contributed by atoms with Crippen LogP contribution in [0.3, 0.4) is 0 Å². The summed E-state index contributed by atoms with van der Waals surface area (Å²) in [6, 6.07) is 5.46. The Kier molecular flexibility index (Phi) is 5.04. The summed E-state index contributed by atoms with van der Waals surface area (Å²) in [6.07, 6.45) is 1.55. The van der Waals surface area contributed by atoms with E-state index >= 15 is 0 Å². The Balaban J connectivity index is 2.45. The van der Waals surface area contributed by atoms with Crippen molar-refractivity contribution in [2.75, 3.05) is 6.54 Å². The van der Waals surface area contributed by atoms with E-state index in [1.54, 1.807) is 4.90 Å². The number of carbonyl (C=O) groups excluding carboxylic acids is 1. The van der Waals surface area contributed by atoms with Gasteiger partial charge in [0, 0.05) is 17.4 Å². The first kappa shape index (κ1) is 16.0. The second kappa shape index (κ2) is 6.60. The Labute approximate surface area is 133 Å². The molecule has 0 aliphatic carbocycles. The number of aliphatic carboxylic acids is 1. The number of likely N-dealkylation sites (tertiary alicyclic amines) is 1. The highest BCUT2D eigenvalue weighted by Crippen LogP contribution is 2.38. The average molecular weight is 354 g/mol. The highest BCUT2D eigenvalue weighted by Gasteiger charge is 2.40. The van der Waals surface area contributed by atoms with Gasteiger partial charge in [0.15, 0.2) is 0 Å². The zero-order chi connectivity index (χ0) is 15.6. The van der Waals surface area contributed by atoms with Crippen molar-refractivity contribution in [1.82, 2.24) is 4.90 Å². The van der Waals surface area contributed by atoms with Crippen molar-refractivity contribution in [3.05, 3.63) is 33.8 Å². The van der Waals surface area contributed by atoms with Gasteiger partial charge in [-0.25, -0.2) is 0 Å². The Morgan fingerprint density at radius 2 is 2.19 bits per heavy atom. The molecule has 5 heteroatoms. The van der Waals surface area contributed by atoms with E-state index in [9.17, 15) is 14.7 Å². The predicted molar refractivity (Wildman–Crippen MR) is 84.0 cm³/mol. The van der Waals surface area contributed by atoms with Crippen molar-refractivity contribution < 1.29 is 14.7 Å². The average Bonchev–Trinajstić information content (AvgIpc) is 2.44. The quantitative estimate of drug-likeness (QED) is 0.900. The molecular weight excluding hydrogens is 334 g/mol. The molecule has 0 aromatic heterocycles. The van der Waals surface area contributed by atoms with Gasteiger partial charge in [0.2, 0.25) is 5.91 Å². The highest BCUT2D eigenvalue weighted by atomic mass is 79.9. The lowest BCUT2D eigenvalue weighted by Gasteiger charge is -2.40. The summed E-state index contributed by atoms with van der Waals surface area (Å²) < 4.78 is 0.943. The lowest BCUT2D eigenvalue weighted by atomic mass is 9.84. The molecule has 0 bridgehead atoms. The molecule has 21 heavy (non-hydrogen) atoms.